The zero-order valence-corrected chi connectivity index (χ0v) is 12.6. The summed E-state index contributed by atoms with van der Waals surface area (Å²) < 4.78 is 3.25. The quantitative estimate of drug-likeness (QED) is 0.520. The largest absolute Gasteiger partial charge is 0 e. The van der Waals surface area contributed by atoms with Gasteiger partial charge in [-0.25, -0.2) is 0 Å². The minimum atomic E-state index is 0. The fraction of sp³-hybridized carbons (Fsp3) is 1.00. The maximum Gasteiger partial charge on any atom is 0 e. The van der Waals surface area contributed by atoms with Crippen molar-refractivity contribution in [2.75, 3.05) is 0 Å². The van der Waals surface area contributed by atoms with E-state index in [2.05, 4.69) is 13.8 Å². The molecule has 0 aliphatic heterocycles. The molecule has 0 unspecified atom stereocenters. The third kappa shape index (κ3) is 12.4. The van der Waals surface area contributed by atoms with Crippen LogP contribution >= 0.6 is 0 Å². The summed E-state index contributed by atoms with van der Waals surface area (Å²) in [7, 11) is 0. The van der Waals surface area contributed by atoms with E-state index in [0.29, 0.717) is 0 Å². The summed E-state index contributed by atoms with van der Waals surface area (Å²) in [4.78, 5) is 0. The fourth-order valence-electron chi connectivity index (χ4n) is 0.729. The molecule has 0 bridgehead atoms. The maximum absolute atomic E-state index is 2.29. The molecular weight excluding hydrogens is 306 g/mol. The molecule has 0 aromatic heterocycles. The van der Waals surface area contributed by atoms with Crippen LogP contribution in [0, 0.1) is 0 Å². The Kier molecular flexibility index (Phi) is 18.9. The van der Waals surface area contributed by atoms with Crippen LogP contribution in [0.5, 0.6) is 0 Å². The Hall–Kier alpha value is 1.68. The van der Waals surface area contributed by atoms with Crippen molar-refractivity contribution in [3.63, 3.8) is 0 Å². The molecule has 0 saturated carbocycles. The molecule has 2 radical (unpaired) electrons. The van der Waals surface area contributed by atoms with Gasteiger partial charge in [0.25, 0.3) is 0 Å². The van der Waals surface area contributed by atoms with Gasteiger partial charge in [0.2, 0.25) is 0 Å². The van der Waals surface area contributed by atoms with Crippen molar-refractivity contribution in [2.45, 2.75) is 48.4 Å². The molecule has 0 rings (SSSR count). The topological polar surface area (TPSA) is 0 Å². The Bertz CT molecular complexity index is 42.5. The molecule has 0 aliphatic carbocycles. The van der Waals surface area contributed by atoms with Crippen LogP contribution in [0.1, 0.15) is 39.5 Å². The van der Waals surface area contributed by atoms with Crippen LogP contribution in [0.4, 0.5) is 0 Å². The molecule has 0 fully saturated rings. The second-order valence-corrected chi connectivity index (χ2v) is 6.74. The van der Waals surface area contributed by atoms with Gasteiger partial charge in [-0.2, -0.15) is 0 Å². The number of hydrogen-bond donors (Lipinski definition) is 0. The molecule has 0 heterocycles. The van der Waals surface area contributed by atoms with Crippen LogP contribution in [0.15, 0.2) is 0 Å². The summed E-state index contributed by atoms with van der Waals surface area (Å²) >= 11 is 0.149. The van der Waals surface area contributed by atoms with E-state index in [1.807, 2.05) is 0 Å². The normalized spacial score (nSPS) is 9.00. The number of unbranched alkanes of at least 4 members (excludes halogenated alkanes) is 2. The monoisotopic (exact) mass is 324 g/mol. The summed E-state index contributed by atoms with van der Waals surface area (Å²) in [5.74, 6) is 0. The summed E-state index contributed by atoms with van der Waals surface area (Å²) in [6.07, 6.45) is 5.84. The van der Waals surface area contributed by atoms with Crippen molar-refractivity contribution < 1.29 is 26.2 Å². The Labute approximate surface area is 94.9 Å². The second-order valence-electron chi connectivity index (χ2n) is 2.46. The van der Waals surface area contributed by atoms with Crippen LogP contribution < -0.4 is 0 Å². The molecule has 0 aliphatic rings. The summed E-state index contributed by atoms with van der Waals surface area (Å²) in [5.41, 5.74) is 0. The van der Waals surface area contributed by atoms with Crippen LogP contribution in [-0.2, 0) is 26.2 Å². The van der Waals surface area contributed by atoms with Gasteiger partial charge in [-0.05, 0) is 0 Å². The predicted molar refractivity (Wildman–Crippen MR) is 45.2 cm³/mol. The molecule has 0 amide bonds. The number of rotatable bonds is 6. The first kappa shape index (κ1) is 14.2. The van der Waals surface area contributed by atoms with Gasteiger partial charge in [-0.1, -0.05) is 0 Å². The molecule has 0 spiro atoms. The van der Waals surface area contributed by atoms with Crippen LogP contribution in [0.25, 0.3) is 0 Å². The van der Waals surface area contributed by atoms with Crippen molar-refractivity contribution in [3.8, 4) is 0 Å². The van der Waals surface area contributed by atoms with Gasteiger partial charge < -0.3 is 0 Å². The second kappa shape index (κ2) is 13.3. The van der Waals surface area contributed by atoms with Crippen LogP contribution in [-0.4, -0.2) is 21.1 Å². The van der Waals surface area contributed by atoms with E-state index >= 15 is 0 Å². The number of hydrogen-bond acceptors (Lipinski definition) is 0. The summed E-state index contributed by atoms with van der Waals surface area (Å²) in [5, 5.41) is 0. The summed E-state index contributed by atoms with van der Waals surface area (Å²) in [6.45, 7) is 4.58. The fourth-order valence-corrected chi connectivity index (χ4v) is 4.89. The van der Waals surface area contributed by atoms with Crippen LogP contribution in [0.2, 0.25) is 8.87 Å². The Morgan fingerprint density at radius 3 is 1.60 bits per heavy atom. The smallest absolute Gasteiger partial charge is 0 e. The molecule has 0 atom stereocenters. The van der Waals surface area contributed by atoms with E-state index in [0.717, 1.165) is 0 Å². The average Bonchev–Trinajstić information content (AvgIpc) is 1.89. The predicted octanol–water partition coefficient (Wildman–Crippen LogP) is 3.12. The van der Waals surface area contributed by atoms with Crippen molar-refractivity contribution in [2.24, 2.45) is 0 Å². The van der Waals surface area contributed by atoms with E-state index in [1.54, 1.807) is 8.87 Å². The molecule has 58 valence electrons. The minimum Gasteiger partial charge on any atom is 0 e. The molecule has 2 heteroatoms. The third-order valence-corrected chi connectivity index (χ3v) is 5.45. The Morgan fingerprint density at radius 1 is 0.900 bits per heavy atom. The Morgan fingerprint density at radius 2 is 1.30 bits per heavy atom. The zero-order chi connectivity index (χ0) is 6.95. The Balaban J connectivity index is 0. The van der Waals surface area contributed by atoms with E-state index < -0.39 is 0 Å². The van der Waals surface area contributed by atoms with Crippen molar-refractivity contribution in [1.29, 1.82) is 0 Å². The van der Waals surface area contributed by atoms with Gasteiger partial charge in [0.1, 0.15) is 0 Å². The summed E-state index contributed by atoms with van der Waals surface area (Å²) in [6, 6.07) is 0. The van der Waals surface area contributed by atoms with Crippen molar-refractivity contribution in [3.05, 3.63) is 0 Å². The van der Waals surface area contributed by atoms with Gasteiger partial charge in [-0.3, -0.25) is 0 Å². The van der Waals surface area contributed by atoms with Gasteiger partial charge in [0.05, 0.1) is 0 Å². The molecular formula is C8H18SnZr. The maximum atomic E-state index is 2.29. The zero-order valence-electron chi connectivity index (χ0n) is 7.24. The first-order valence-corrected chi connectivity index (χ1v) is 8.16. The minimum absolute atomic E-state index is 0. The average molecular weight is 324 g/mol. The van der Waals surface area contributed by atoms with Crippen LogP contribution in [0.3, 0.4) is 0 Å². The molecule has 0 aromatic rings. The molecule has 0 N–H and O–H groups in total. The van der Waals surface area contributed by atoms with E-state index in [1.165, 1.54) is 25.7 Å². The van der Waals surface area contributed by atoms with Crippen molar-refractivity contribution >= 4 is 21.1 Å². The SMILES string of the molecule is CCC[CH2][Sn][CH2]CCC.[Zr]. The van der Waals surface area contributed by atoms with E-state index in [9.17, 15) is 0 Å². The van der Waals surface area contributed by atoms with Gasteiger partial charge in [0.15, 0.2) is 0 Å². The first-order chi connectivity index (χ1) is 4.41. The molecule has 0 nitrogen and oxygen atoms in total. The van der Waals surface area contributed by atoms with Gasteiger partial charge in [-0.15, -0.1) is 0 Å². The molecule has 0 saturated heterocycles. The third-order valence-electron chi connectivity index (χ3n) is 1.41. The van der Waals surface area contributed by atoms with Gasteiger partial charge in [0, 0.05) is 26.2 Å². The standard InChI is InChI=1S/2C4H9.Sn.Zr/c2*1-3-4-2;;/h2*1,3-4H2,2H3;;. The van der Waals surface area contributed by atoms with E-state index in [-0.39, 0.29) is 47.3 Å². The molecule has 0 aromatic carbocycles. The first-order valence-electron chi connectivity index (χ1n) is 4.12. The van der Waals surface area contributed by atoms with E-state index in [4.69, 9.17) is 0 Å². The van der Waals surface area contributed by atoms with Crippen molar-refractivity contribution in [1.82, 2.24) is 0 Å². The van der Waals surface area contributed by atoms with Gasteiger partial charge >= 0.3 is 69.5 Å². The molecule has 10 heavy (non-hydrogen) atoms.